The molecule has 0 amide bonds. The van der Waals surface area contributed by atoms with Crippen molar-refractivity contribution in [3.8, 4) is 11.1 Å². The Bertz CT molecular complexity index is 649. The van der Waals surface area contributed by atoms with Crippen molar-refractivity contribution < 1.29 is 9.13 Å². The van der Waals surface area contributed by atoms with Crippen LogP contribution in [0.2, 0.25) is 0 Å². The lowest BCUT2D eigenvalue weighted by molar-refractivity contribution is -0.0178. The lowest BCUT2D eigenvalue weighted by atomic mass is 9.91. The lowest BCUT2D eigenvalue weighted by Crippen LogP contribution is -2.31. The molecule has 3 rings (SSSR count). The summed E-state index contributed by atoms with van der Waals surface area (Å²) in [6.07, 6.45) is 0. The van der Waals surface area contributed by atoms with Gasteiger partial charge in [0.25, 0.3) is 0 Å². The predicted molar refractivity (Wildman–Crippen MR) is 82.1 cm³/mol. The number of hydrogen-bond acceptors (Lipinski definition) is 2. The van der Waals surface area contributed by atoms with E-state index in [9.17, 15) is 4.39 Å². The third-order valence-electron chi connectivity index (χ3n) is 3.56. The number of ether oxygens (including phenoxy) is 1. The van der Waals surface area contributed by atoms with Gasteiger partial charge in [-0.15, -0.1) is 0 Å². The summed E-state index contributed by atoms with van der Waals surface area (Å²) in [7, 11) is 0. The quantitative estimate of drug-likeness (QED) is 0.801. The largest absolute Gasteiger partial charge is 0.362 e. The Balaban J connectivity index is 2.12. The smallest absolute Gasteiger partial charge is 0.124 e. The van der Waals surface area contributed by atoms with E-state index in [1.807, 2.05) is 32.0 Å². The van der Waals surface area contributed by atoms with E-state index in [2.05, 4.69) is 27.3 Å². The number of benzene rings is 2. The minimum atomic E-state index is -0.346. The fourth-order valence-electron chi connectivity index (χ4n) is 2.47. The molecule has 0 unspecified atom stereocenters. The molecule has 2 aromatic carbocycles. The normalized spacial score (nSPS) is 16.4. The number of nitrogens with one attached hydrogen (secondary N) is 1. The molecule has 1 aliphatic heterocycles. The summed E-state index contributed by atoms with van der Waals surface area (Å²) in [6.45, 7) is 4.58. The van der Waals surface area contributed by atoms with Gasteiger partial charge in [-0.05, 0) is 55.3 Å². The van der Waals surface area contributed by atoms with E-state index in [-0.39, 0.29) is 11.4 Å². The van der Waals surface area contributed by atoms with Gasteiger partial charge in [-0.2, -0.15) is 0 Å². The van der Waals surface area contributed by atoms with Crippen LogP contribution in [0, 0.1) is 5.82 Å². The monoisotopic (exact) mass is 335 g/mol. The van der Waals surface area contributed by atoms with Crippen LogP contribution in [0.4, 0.5) is 10.1 Å². The van der Waals surface area contributed by atoms with Crippen molar-refractivity contribution in [3.63, 3.8) is 0 Å². The van der Waals surface area contributed by atoms with Gasteiger partial charge in [0.05, 0.1) is 5.60 Å². The fraction of sp³-hybridized carbons (Fsp3) is 0.250. The van der Waals surface area contributed by atoms with E-state index in [1.54, 1.807) is 0 Å². The van der Waals surface area contributed by atoms with Gasteiger partial charge < -0.3 is 10.1 Å². The molecule has 0 fully saturated rings. The number of anilines is 1. The second-order valence-electron chi connectivity index (χ2n) is 5.39. The number of rotatable bonds is 1. The molecule has 0 aliphatic carbocycles. The van der Waals surface area contributed by atoms with E-state index in [4.69, 9.17) is 4.74 Å². The Morgan fingerprint density at radius 3 is 2.70 bits per heavy atom. The van der Waals surface area contributed by atoms with E-state index >= 15 is 0 Å². The first-order valence-electron chi connectivity index (χ1n) is 6.44. The maximum absolute atomic E-state index is 13.5. The van der Waals surface area contributed by atoms with E-state index in [0.29, 0.717) is 6.73 Å². The summed E-state index contributed by atoms with van der Waals surface area (Å²) in [6, 6.07) is 11.0. The standard InChI is InChI=1S/C16H15BrFNO/c1-16(2)14-7-10(3-4-15(14)19-9-20-16)11-5-12(17)8-13(18)6-11/h3-8,19H,9H2,1-2H3. The van der Waals surface area contributed by atoms with Crippen molar-refractivity contribution in [1.29, 1.82) is 0 Å². The second kappa shape index (κ2) is 4.86. The Morgan fingerprint density at radius 1 is 1.15 bits per heavy atom. The van der Waals surface area contributed by atoms with Crippen molar-refractivity contribution >= 4 is 21.6 Å². The molecule has 0 spiro atoms. The molecule has 0 saturated carbocycles. The van der Waals surface area contributed by atoms with Crippen LogP contribution in [0.1, 0.15) is 19.4 Å². The highest BCUT2D eigenvalue weighted by Crippen LogP contribution is 2.37. The molecule has 104 valence electrons. The van der Waals surface area contributed by atoms with E-state index in [1.165, 1.54) is 12.1 Å². The highest BCUT2D eigenvalue weighted by molar-refractivity contribution is 9.10. The van der Waals surface area contributed by atoms with Crippen LogP contribution in [0.25, 0.3) is 11.1 Å². The molecule has 0 atom stereocenters. The molecular formula is C16H15BrFNO. The molecule has 0 saturated heterocycles. The van der Waals surface area contributed by atoms with E-state index < -0.39 is 0 Å². The summed E-state index contributed by atoms with van der Waals surface area (Å²) >= 11 is 3.33. The van der Waals surface area contributed by atoms with Crippen molar-refractivity contribution in [2.75, 3.05) is 12.0 Å². The van der Waals surface area contributed by atoms with Crippen LogP contribution < -0.4 is 5.32 Å². The zero-order valence-corrected chi connectivity index (χ0v) is 12.9. The summed E-state index contributed by atoms with van der Waals surface area (Å²) in [5.41, 5.74) is 3.63. The van der Waals surface area contributed by atoms with Crippen LogP contribution in [-0.4, -0.2) is 6.73 Å². The van der Waals surface area contributed by atoms with Gasteiger partial charge in [0.15, 0.2) is 0 Å². The Morgan fingerprint density at radius 2 is 1.95 bits per heavy atom. The first kappa shape index (κ1) is 13.6. The minimum Gasteiger partial charge on any atom is -0.362 e. The maximum Gasteiger partial charge on any atom is 0.124 e. The molecule has 0 radical (unpaired) electrons. The van der Waals surface area contributed by atoms with Gasteiger partial charge in [-0.3, -0.25) is 0 Å². The highest BCUT2D eigenvalue weighted by atomic mass is 79.9. The van der Waals surface area contributed by atoms with Gasteiger partial charge in [-0.1, -0.05) is 22.0 Å². The number of halogens is 2. The van der Waals surface area contributed by atoms with Gasteiger partial charge in [0.2, 0.25) is 0 Å². The SMILES string of the molecule is CC1(C)OCNc2ccc(-c3cc(F)cc(Br)c3)cc21. The molecule has 2 nitrogen and oxygen atoms in total. The average Bonchev–Trinajstić information content (AvgIpc) is 2.37. The molecule has 1 aliphatic rings. The first-order valence-corrected chi connectivity index (χ1v) is 7.24. The zero-order chi connectivity index (χ0) is 14.3. The van der Waals surface area contributed by atoms with Crippen molar-refractivity contribution in [1.82, 2.24) is 0 Å². The number of hydrogen-bond donors (Lipinski definition) is 1. The topological polar surface area (TPSA) is 21.3 Å². The van der Waals surface area contributed by atoms with Crippen LogP contribution in [-0.2, 0) is 10.3 Å². The minimum absolute atomic E-state index is 0.249. The first-order chi connectivity index (χ1) is 9.45. The average molecular weight is 336 g/mol. The van der Waals surface area contributed by atoms with Crippen LogP contribution in [0.15, 0.2) is 40.9 Å². The van der Waals surface area contributed by atoms with Gasteiger partial charge in [-0.25, -0.2) is 4.39 Å². The van der Waals surface area contributed by atoms with Crippen LogP contribution in [0.3, 0.4) is 0 Å². The predicted octanol–water partition coefficient (Wildman–Crippen LogP) is 4.89. The highest BCUT2D eigenvalue weighted by Gasteiger charge is 2.28. The molecule has 0 aromatic heterocycles. The van der Waals surface area contributed by atoms with Crippen molar-refractivity contribution in [3.05, 3.63) is 52.3 Å². The third-order valence-corrected chi connectivity index (χ3v) is 4.02. The molecule has 0 bridgehead atoms. The zero-order valence-electron chi connectivity index (χ0n) is 11.3. The molecule has 1 N–H and O–H groups in total. The number of fused-ring (bicyclic) bond motifs is 1. The van der Waals surface area contributed by atoms with Crippen molar-refractivity contribution in [2.45, 2.75) is 19.4 Å². The van der Waals surface area contributed by atoms with Crippen LogP contribution >= 0.6 is 15.9 Å². The van der Waals surface area contributed by atoms with Gasteiger partial charge in [0, 0.05) is 15.7 Å². The molecule has 1 heterocycles. The molecule has 4 heteroatoms. The van der Waals surface area contributed by atoms with Gasteiger partial charge in [0.1, 0.15) is 12.5 Å². The molecule has 2 aromatic rings. The summed E-state index contributed by atoms with van der Waals surface area (Å²) in [5, 5.41) is 3.21. The molecule has 20 heavy (non-hydrogen) atoms. The Labute approximate surface area is 126 Å². The van der Waals surface area contributed by atoms with Crippen LogP contribution in [0.5, 0.6) is 0 Å². The fourth-order valence-corrected chi connectivity index (χ4v) is 2.93. The Kier molecular flexibility index (Phi) is 3.30. The lowest BCUT2D eigenvalue weighted by Gasteiger charge is -2.33. The van der Waals surface area contributed by atoms with Crippen molar-refractivity contribution in [2.24, 2.45) is 0 Å². The summed E-state index contributed by atoms with van der Waals surface area (Å²) in [4.78, 5) is 0. The summed E-state index contributed by atoms with van der Waals surface area (Å²) < 4.78 is 20.0. The second-order valence-corrected chi connectivity index (χ2v) is 6.31. The summed E-state index contributed by atoms with van der Waals surface area (Å²) in [5.74, 6) is -0.249. The van der Waals surface area contributed by atoms with E-state index in [0.717, 1.165) is 26.9 Å². The molecular weight excluding hydrogens is 321 g/mol. The van der Waals surface area contributed by atoms with Gasteiger partial charge >= 0.3 is 0 Å². The Hall–Kier alpha value is -1.39. The maximum atomic E-state index is 13.5. The third kappa shape index (κ3) is 2.45.